The Bertz CT molecular complexity index is 961. The highest BCUT2D eigenvalue weighted by Gasteiger charge is 2.26. The van der Waals surface area contributed by atoms with Crippen LogP contribution in [0.4, 0.5) is 11.4 Å². The van der Waals surface area contributed by atoms with Crippen molar-refractivity contribution in [1.82, 2.24) is 9.97 Å². The number of carbonyl (C=O) groups is 2. The van der Waals surface area contributed by atoms with Gasteiger partial charge in [-0.1, -0.05) is 39.2 Å². The Kier molecular flexibility index (Phi) is 10.0. The van der Waals surface area contributed by atoms with Gasteiger partial charge < -0.3 is 20.1 Å². The normalized spacial score (nSPS) is 15.1. The van der Waals surface area contributed by atoms with E-state index in [0.717, 1.165) is 36.2 Å². The Morgan fingerprint density at radius 1 is 1.17 bits per heavy atom. The van der Waals surface area contributed by atoms with Crippen molar-refractivity contribution in [2.45, 2.75) is 70.8 Å². The van der Waals surface area contributed by atoms with Crippen LogP contribution in [0.2, 0.25) is 0 Å². The fourth-order valence-corrected chi connectivity index (χ4v) is 4.87. The fraction of sp³-hybridized carbons (Fsp3) is 0.556. The largest absolute Gasteiger partial charge is 0.481 e. The van der Waals surface area contributed by atoms with Crippen LogP contribution < -0.4 is 10.2 Å². The Balaban J connectivity index is 1.97. The van der Waals surface area contributed by atoms with Crippen molar-refractivity contribution in [2.75, 3.05) is 30.5 Å². The van der Waals surface area contributed by atoms with Gasteiger partial charge in [0.1, 0.15) is 6.33 Å². The van der Waals surface area contributed by atoms with Gasteiger partial charge >= 0.3 is 5.97 Å². The second-order valence-corrected chi connectivity index (χ2v) is 9.84. The molecule has 0 saturated heterocycles. The zero-order valence-corrected chi connectivity index (χ0v) is 21.1. The number of rotatable bonds is 12. The number of carboxylic acid groups (broad SMARTS) is 1. The molecular weight excluding hydrogens is 444 g/mol. The number of aliphatic carboxylic acids is 1. The second-order valence-electron chi connectivity index (χ2n) is 9.84. The predicted molar refractivity (Wildman–Crippen MR) is 137 cm³/mol. The van der Waals surface area contributed by atoms with Crippen LogP contribution >= 0.6 is 0 Å². The molecule has 1 atom stereocenters. The van der Waals surface area contributed by atoms with E-state index in [9.17, 15) is 14.7 Å². The minimum atomic E-state index is -0.880. The number of hydrogen-bond acceptors (Lipinski definition) is 6. The van der Waals surface area contributed by atoms with Gasteiger partial charge in [-0.2, -0.15) is 0 Å². The average Bonchev–Trinajstić information content (AvgIpc) is 2.83. The van der Waals surface area contributed by atoms with E-state index in [-0.39, 0.29) is 24.7 Å². The first-order valence-electron chi connectivity index (χ1n) is 12.5. The molecular formula is C27H38N4O4. The molecule has 2 N–H and O–H groups in total. The summed E-state index contributed by atoms with van der Waals surface area (Å²) in [6.45, 7) is 5.59. The first-order valence-corrected chi connectivity index (χ1v) is 12.5. The number of carboxylic acids is 1. The maximum absolute atomic E-state index is 13.0. The molecule has 1 aromatic heterocycles. The SMILES string of the molecule is COCC(CC(=O)O)c1ccc(N(CC(C)C)C2CCCCC2)c(NC(=O)Cc2cncnc2)c1. The molecule has 1 unspecified atom stereocenters. The van der Waals surface area contributed by atoms with E-state index in [1.54, 1.807) is 19.5 Å². The summed E-state index contributed by atoms with van der Waals surface area (Å²) in [7, 11) is 1.57. The summed E-state index contributed by atoms with van der Waals surface area (Å²) in [4.78, 5) is 35.0. The van der Waals surface area contributed by atoms with Crippen LogP contribution in [-0.4, -0.2) is 53.3 Å². The molecule has 1 aromatic carbocycles. The minimum Gasteiger partial charge on any atom is -0.481 e. The number of amides is 1. The lowest BCUT2D eigenvalue weighted by molar-refractivity contribution is -0.137. The number of carbonyl (C=O) groups excluding carboxylic acids is 1. The van der Waals surface area contributed by atoms with Crippen molar-refractivity contribution in [1.29, 1.82) is 0 Å². The van der Waals surface area contributed by atoms with E-state index >= 15 is 0 Å². The summed E-state index contributed by atoms with van der Waals surface area (Å²) >= 11 is 0. The lowest BCUT2D eigenvalue weighted by Crippen LogP contribution is -2.40. The third kappa shape index (κ3) is 8.02. The molecule has 3 rings (SSSR count). The number of nitrogens with zero attached hydrogens (tertiary/aromatic N) is 3. The molecule has 0 radical (unpaired) electrons. The lowest BCUT2D eigenvalue weighted by atomic mass is 9.91. The van der Waals surface area contributed by atoms with Gasteiger partial charge in [-0.05, 0) is 42.0 Å². The molecule has 2 aromatic rings. The van der Waals surface area contributed by atoms with Crippen LogP contribution in [0.25, 0.3) is 0 Å². The van der Waals surface area contributed by atoms with Crippen molar-refractivity contribution < 1.29 is 19.4 Å². The van der Waals surface area contributed by atoms with Crippen molar-refractivity contribution >= 4 is 23.3 Å². The van der Waals surface area contributed by atoms with Gasteiger partial charge in [0.2, 0.25) is 5.91 Å². The molecule has 190 valence electrons. The van der Waals surface area contributed by atoms with Gasteiger partial charge in [-0.15, -0.1) is 0 Å². The Morgan fingerprint density at radius 3 is 2.51 bits per heavy atom. The van der Waals surface area contributed by atoms with Gasteiger partial charge in [-0.25, -0.2) is 9.97 Å². The van der Waals surface area contributed by atoms with Crippen molar-refractivity contribution in [3.63, 3.8) is 0 Å². The van der Waals surface area contributed by atoms with Crippen molar-refractivity contribution in [3.8, 4) is 0 Å². The van der Waals surface area contributed by atoms with Gasteiger partial charge in [0.25, 0.3) is 0 Å². The van der Waals surface area contributed by atoms with Crippen LogP contribution in [0, 0.1) is 5.92 Å². The maximum atomic E-state index is 13.0. The monoisotopic (exact) mass is 482 g/mol. The number of benzene rings is 1. The number of hydrogen-bond donors (Lipinski definition) is 2. The number of methoxy groups -OCH3 is 1. The minimum absolute atomic E-state index is 0.0414. The van der Waals surface area contributed by atoms with Crippen LogP contribution in [0.15, 0.2) is 36.9 Å². The van der Waals surface area contributed by atoms with Gasteiger partial charge in [0.05, 0.1) is 30.8 Å². The van der Waals surface area contributed by atoms with E-state index < -0.39 is 5.97 Å². The first kappa shape index (κ1) is 26.6. The molecule has 1 aliphatic rings. The number of nitrogens with one attached hydrogen (secondary N) is 1. The summed E-state index contributed by atoms with van der Waals surface area (Å²) < 4.78 is 5.31. The predicted octanol–water partition coefficient (Wildman–Crippen LogP) is 4.66. The summed E-state index contributed by atoms with van der Waals surface area (Å²) in [5, 5.41) is 12.5. The molecule has 1 amide bonds. The highest BCUT2D eigenvalue weighted by Crippen LogP contribution is 2.36. The van der Waals surface area contributed by atoms with Crippen LogP contribution in [0.3, 0.4) is 0 Å². The molecule has 1 heterocycles. The molecule has 1 saturated carbocycles. The Labute approximate surface area is 208 Å². The summed E-state index contributed by atoms with van der Waals surface area (Å²) in [6, 6.07) is 6.37. The van der Waals surface area contributed by atoms with E-state index in [0.29, 0.717) is 24.3 Å². The molecule has 8 heteroatoms. The number of anilines is 2. The smallest absolute Gasteiger partial charge is 0.304 e. The highest BCUT2D eigenvalue weighted by atomic mass is 16.5. The third-order valence-corrected chi connectivity index (χ3v) is 6.42. The molecule has 35 heavy (non-hydrogen) atoms. The zero-order valence-electron chi connectivity index (χ0n) is 21.1. The molecule has 0 bridgehead atoms. The topological polar surface area (TPSA) is 105 Å². The molecule has 0 spiro atoms. The van der Waals surface area contributed by atoms with Crippen LogP contribution in [0.5, 0.6) is 0 Å². The summed E-state index contributed by atoms with van der Waals surface area (Å²) in [5.74, 6) is -0.893. The number of ether oxygens (including phenoxy) is 1. The van der Waals surface area contributed by atoms with Gasteiger partial charge in [0, 0.05) is 38.0 Å². The Hall–Kier alpha value is -3.00. The van der Waals surface area contributed by atoms with Crippen molar-refractivity contribution in [2.24, 2.45) is 5.92 Å². The lowest BCUT2D eigenvalue weighted by Gasteiger charge is -2.38. The first-order chi connectivity index (χ1) is 16.9. The third-order valence-electron chi connectivity index (χ3n) is 6.42. The highest BCUT2D eigenvalue weighted by molar-refractivity contribution is 5.95. The molecule has 1 aliphatic carbocycles. The van der Waals surface area contributed by atoms with Crippen LogP contribution in [0.1, 0.15) is 69.4 Å². The van der Waals surface area contributed by atoms with Crippen LogP contribution in [-0.2, 0) is 20.7 Å². The van der Waals surface area contributed by atoms with E-state index in [1.807, 2.05) is 18.2 Å². The summed E-state index contributed by atoms with van der Waals surface area (Å²) in [5.41, 5.74) is 3.27. The average molecular weight is 483 g/mol. The second kappa shape index (κ2) is 13.2. The number of aromatic nitrogens is 2. The maximum Gasteiger partial charge on any atom is 0.304 e. The Morgan fingerprint density at radius 2 is 1.89 bits per heavy atom. The fourth-order valence-electron chi connectivity index (χ4n) is 4.87. The molecule has 8 nitrogen and oxygen atoms in total. The van der Waals surface area contributed by atoms with Gasteiger partial charge in [0.15, 0.2) is 0 Å². The standard InChI is InChI=1S/C27H38N4O4/c1-19(2)16-31(23-7-5-4-6-8-23)25-10-9-21(22(17-35-3)13-27(33)34)12-24(25)30-26(32)11-20-14-28-18-29-15-20/h9-10,12,14-15,18-19,22-23H,4-8,11,13,16-17H2,1-3H3,(H,30,32)(H,33,34). The summed E-state index contributed by atoms with van der Waals surface area (Å²) in [6.07, 6.45) is 10.8. The van der Waals surface area contributed by atoms with E-state index in [4.69, 9.17) is 4.74 Å². The van der Waals surface area contributed by atoms with Crippen molar-refractivity contribution in [3.05, 3.63) is 48.0 Å². The van der Waals surface area contributed by atoms with Gasteiger partial charge in [-0.3, -0.25) is 9.59 Å². The van der Waals surface area contributed by atoms with E-state index in [2.05, 4.69) is 34.0 Å². The zero-order chi connectivity index (χ0) is 25.2. The molecule has 0 aliphatic heterocycles. The van der Waals surface area contributed by atoms with E-state index in [1.165, 1.54) is 25.6 Å². The quantitative estimate of drug-likeness (QED) is 0.453. The molecule has 1 fully saturated rings.